The summed E-state index contributed by atoms with van der Waals surface area (Å²) >= 11 is 4.66. The summed E-state index contributed by atoms with van der Waals surface area (Å²) < 4.78 is 17.7. The largest absolute Gasteiger partial charge is 0.348 e. The molecule has 0 fully saturated rings. The summed E-state index contributed by atoms with van der Waals surface area (Å²) in [5.74, 6) is -0.520. The molecule has 0 aliphatic heterocycles. The molecule has 11 heteroatoms. The molecule has 30 heavy (non-hydrogen) atoms. The molecule has 0 radical (unpaired) electrons. The quantitative estimate of drug-likeness (QED) is 0.534. The molecule has 1 unspecified atom stereocenters. The van der Waals surface area contributed by atoms with Crippen LogP contribution in [0.25, 0.3) is 5.13 Å². The third-order valence-electron chi connectivity index (χ3n) is 4.28. The number of pyridine rings is 1. The summed E-state index contributed by atoms with van der Waals surface area (Å²) in [6.45, 7) is 1.93. The summed E-state index contributed by atoms with van der Waals surface area (Å²) in [4.78, 5) is 29.9. The second kappa shape index (κ2) is 8.91. The van der Waals surface area contributed by atoms with Gasteiger partial charge in [0.2, 0.25) is 11.6 Å². The maximum Gasteiger partial charge on any atom is 0.257 e. The fourth-order valence-corrected chi connectivity index (χ4v) is 4.61. The molecule has 154 valence electrons. The van der Waals surface area contributed by atoms with Crippen LogP contribution in [0.2, 0.25) is 0 Å². The Labute approximate surface area is 185 Å². The van der Waals surface area contributed by atoms with Crippen LogP contribution >= 0.6 is 27.3 Å². The van der Waals surface area contributed by atoms with Crippen LogP contribution in [-0.4, -0.2) is 25.9 Å². The number of carbonyl (C=O) groups is 1. The van der Waals surface area contributed by atoms with Crippen LogP contribution in [0.5, 0.6) is 0 Å². The first-order chi connectivity index (χ1) is 14.2. The third kappa shape index (κ3) is 4.51. The lowest BCUT2D eigenvalue weighted by Gasteiger charge is -2.12. The summed E-state index contributed by atoms with van der Waals surface area (Å²) in [6, 6.07) is 6.57. The van der Waals surface area contributed by atoms with Crippen molar-refractivity contribution in [1.29, 1.82) is 5.26 Å². The first-order valence-corrected chi connectivity index (χ1v) is 12.1. The minimum atomic E-state index is -2.77. The number of hydrogen-bond acceptors (Lipinski definition) is 7. The van der Waals surface area contributed by atoms with E-state index < -0.39 is 21.1 Å². The van der Waals surface area contributed by atoms with Gasteiger partial charge in [0, 0.05) is 41.2 Å². The van der Waals surface area contributed by atoms with Gasteiger partial charge in [-0.1, -0.05) is 12.1 Å². The molecule has 0 spiro atoms. The van der Waals surface area contributed by atoms with Gasteiger partial charge in [-0.3, -0.25) is 14.2 Å². The average Bonchev–Trinajstić information content (AvgIpc) is 3.25. The van der Waals surface area contributed by atoms with E-state index in [1.54, 1.807) is 48.1 Å². The van der Waals surface area contributed by atoms with Gasteiger partial charge < -0.3 is 5.32 Å². The molecule has 3 aromatic rings. The lowest BCUT2D eigenvalue weighted by Crippen LogP contribution is -2.30. The first kappa shape index (κ1) is 21.9. The van der Waals surface area contributed by atoms with Crippen molar-refractivity contribution >= 4 is 42.9 Å². The van der Waals surface area contributed by atoms with E-state index in [4.69, 9.17) is 5.26 Å². The minimum absolute atomic E-state index is 0.0105. The summed E-state index contributed by atoms with van der Waals surface area (Å²) in [5.41, 5.74) is 0.972. The highest BCUT2D eigenvalue weighted by atomic mass is 79.9. The second-order valence-electron chi connectivity index (χ2n) is 6.28. The van der Waals surface area contributed by atoms with E-state index in [9.17, 15) is 13.8 Å². The molecule has 1 amide bonds. The van der Waals surface area contributed by atoms with E-state index in [1.807, 2.05) is 5.38 Å². The number of nitrogens with zero attached hydrogens (tertiary/aromatic N) is 4. The van der Waals surface area contributed by atoms with E-state index in [2.05, 4.69) is 30.6 Å². The Kier molecular flexibility index (Phi) is 6.50. The van der Waals surface area contributed by atoms with Gasteiger partial charge >= 0.3 is 0 Å². The smallest absolute Gasteiger partial charge is 0.257 e. The van der Waals surface area contributed by atoms with E-state index in [0.717, 1.165) is 5.56 Å². The first-order valence-electron chi connectivity index (χ1n) is 8.53. The molecule has 0 bridgehead atoms. The number of thiazole rings is 1. The highest BCUT2D eigenvalue weighted by Gasteiger charge is 2.18. The van der Waals surface area contributed by atoms with Gasteiger partial charge in [-0.05, 0) is 40.5 Å². The van der Waals surface area contributed by atoms with Crippen LogP contribution < -0.4 is 10.7 Å². The van der Waals surface area contributed by atoms with Crippen LogP contribution in [0.15, 0.2) is 60.6 Å². The van der Waals surface area contributed by atoms with Crippen molar-refractivity contribution < 1.29 is 9.00 Å². The Balaban J connectivity index is 1.82. The summed E-state index contributed by atoms with van der Waals surface area (Å²) in [6.07, 6.45) is 6.07. The van der Waals surface area contributed by atoms with Crippen molar-refractivity contribution in [2.75, 3.05) is 6.26 Å². The summed E-state index contributed by atoms with van der Waals surface area (Å²) in [7, 11) is -2.77. The van der Waals surface area contributed by atoms with Crippen LogP contribution in [0.3, 0.4) is 0 Å². The topological polar surface area (TPSA) is 117 Å². The number of aromatic nitrogens is 2. The molecular formula is C19H16BrN5O3S2. The normalized spacial score (nSPS) is 12.6. The van der Waals surface area contributed by atoms with E-state index in [0.29, 0.717) is 20.2 Å². The van der Waals surface area contributed by atoms with Crippen molar-refractivity contribution in [2.24, 2.45) is 4.36 Å². The molecule has 8 nitrogen and oxygen atoms in total. The lowest BCUT2D eigenvalue weighted by atomic mass is 10.2. The van der Waals surface area contributed by atoms with Crippen molar-refractivity contribution in [3.8, 4) is 11.3 Å². The maximum atomic E-state index is 12.7. The van der Waals surface area contributed by atoms with E-state index in [-0.39, 0.29) is 12.1 Å². The molecule has 0 aliphatic carbocycles. The van der Waals surface area contributed by atoms with Gasteiger partial charge in [0.1, 0.15) is 5.56 Å². The second-order valence-corrected chi connectivity index (χ2v) is 10.2. The number of rotatable bonds is 5. The molecular weight excluding hydrogens is 490 g/mol. The molecule has 2 aromatic heterocycles. The van der Waals surface area contributed by atoms with Gasteiger partial charge in [-0.25, -0.2) is 9.19 Å². The van der Waals surface area contributed by atoms with Crippen molar-refractivity contribution in [3.63, 3.8) is 0 Å². The van der Waals surface area contributed by atoms with E-state index in [1.165, 1.54) is 23.8 Å². The molecule has 2 heterocycles. The fraction of sp³-hybridized carbons (Fsp3) is 0.158. The molecule has 1 aromatic carbocycles. The molecule has 1 N–H and O–H groups in total. The Hall–Kier alpha value is -2.81. The Morgan fingerprint density at radius 2 is 2.10 bits per heavy atom. The molecule has 0 saturated carbocycles. The monoisotopic (exact) mass is 505 g/mol. The predicted octanol–water partition coefficient (Wildman–Crippen LogP) is 3.23. The van der Waals surface area contributed by atoms with Crippen LogP contribution in [0, 0.1) is 18.4 Å². The van der Waals surface area contributed by atoms with Gasteiger partial charge in [0.05, 0.1) is 14.2 Å². The van der Waals surface area contributed by atoms with Gasteiger partial charge in [0.15, 0.2) is 5.13 Å². The van der Waals surface area contributed by atoms with Gasteiger partial charge in [-0.15, -0.1) is 15.7 Å². The third-order valence-corrected chi connectivity index (χ3v) is 7.56. The maximum absolute atomic E-state index is 12.7. The highest BCUT2D eigenvalue weighted by Crippen LogP contribution is 2.19. The van der Waals surface area contributed by atoms with Crippen LogP contribution in [0.1, 0.15) is 21.6 Å². The highest BCUT2D eigenvalue weighted by molar-refractivity contribution is 9.10. The summed E-state index contributed by atoms with van der Waals surface area (Å²) in [5, 5.41) is 13.8. The zero-order valence-corrected chi connectivity index (χ0v) is 19.2. The number of carbonyl (C=O) groups excluding carboxylic acids is 1. The molecule has 3 rings (SSSR count). The number of hydrogen-bond donors (Lipinski definition) is 1. The fourth-order valence-electron chi connectivity index (χ4n) is 2.64. The zero-order valence-electron chi connectivity index (χ0n) is 16.0. The zero-order chi connectivity index (χ0) is 21.9. The SMILES string of the molecule is Cc1c(Br)c(=O)c(C(=O)NCc2ccc(S(C)(=O)=NC#N)cc2)cn1-c1nccs1. The van der Waals surface area contributed by atoms with Crippen molar-refractivity contribution in [3.05, 3.63) is 73.6 Å². The minimum Gasteiger partial charge on any atom is -0.348 e. The van der Waals surface area contributed by atoms with Crippen LogP contribution in [0.4, 0.5) is 0 Å². The van der Waals surface area contributed by atoms with Crippen molar-refractivity contribution in [1.82, 2.24) is 14.9 Å². The average molecular weight is 506 g/mol. The number of halogens is 1. The lowest BCUT2D eigenvalue weighted by molar-refractivity contribution is 0.0949. The molecule has 0 saturated heterocycles. The number of nitriles is 1. The molecule has 0 aliphatic rings. The standard InChI is InChI=1S/C19H16BrN5O3S2/c1-12-16(20)17(26)15(10-25(12)19-22-7-8-29-19)18(27)23-9-13-3-5-14(6-4-13)30(2,28)24-11-21/h3-8,10H,9H2,1-2H3,(H,23,27). The molecule has 1 atom stereocenters. The van der Waals surface area contributed by atoms with Gasteiger partial charge in [-0.2, -0.15) is 5.26 Å². The predicted molar refractivity (Wildman–Crippen MR) is 118 cm³/mol. The Bertz CT molecular complexity index is 1320. The Morgan fingerprint density at radius 1 is 1.40 bits per heavy atom. The van der Waals surface area contributed by atoms with Crippen molar-refractivity contribution in [2.45, 2.75) is 18.4 Å². The van der Waals surface area contributed by atoms with Crippen LogP contribution in [-0.2, 0) is 16.3 Å². The Morgan fingerprint density at radius 3 is 2.70 bits per heavy atom. The number of nitrogens with one attached hydrogen (secondary N) is 1. The van der Waals surface area contributed by atoms with Gasteiger partial charge in [0.25, 0.3) is 5.91 Å². The number of amides is 1. The number of benzene rings is 1. The van der Waals surface area contributed by atoms with E-state index >= 15 is 0 Å².